The fourth-order valence-corrected chi connectivity index (χ4v) is 4.10. The minimum atomic E-state index is -0.0842. The monoisotopic (exact) mass is 558 g/mol. The summed E-state index contributed by atoms with van der Waals surface area (Å²) in [5.41, 5.74) is 1.06. The summed E-state index contributed by atoms with van der Waals surface area (Å²) < 4.78 is 5.50. The maximum Gasteiger partial charge on any atom is 0.227 e. The number of carbonyl (C=O) groups is 1. The lowest BCUT2D eigenvalue weighted by Crippen LogP contribution is -2.46. The van der Waals surface area contributed by atoms with Gasteiger partial charge >= 0.3 is 0 Å². The lowest BCUT2D eigenvalue weighted by Gasteiger charge is -2.34. The Morgan fingerprint density at radius 1 is 1.29 bits per heavy atom. The average molecular weight is 558 g/mol. The van der Waals surface area contributed by atoms with Crippen LogP contribution in [0.15, 0.2) is 40.8 Å². The zero-order valence-electron chi connectivity index (χ0n) is 18.0. The molecule has 1 saturated heterocycles. The van der Waals surface area contributed by atoms with Gasteiger partial charge in [-0.3, -0.25) is 14.7 Å². The molecule has 10 heteroatoms. The number of guanidine groups is 1. The van der Waals surface area contributed by atoms with Gasteiger partial charge in [0.15, 0.2) is 5.96 Å². The molecule has 0 bridgehead atoms. The Kier molecular flexibility index (Phi) is 11.2. The van der Waals surface area contributed by atoms with Crippen LogP contribution in [0.1, 0.15) is 22.9 Å². The molecule has 2 aromatic rings. The van der Waals surface area contributed by atoms with E-state index in [-0.39, 0.29) is 35.9 Å². The van der Waals surface area contributed by atoms with E-state index in [2.05, 4.69) is 48.3 Å². The zero-order chi connectivity index (χ0) is 21.2. The van der Waals surface area contributed by atoms with Gasteiger partial charge in [0, 0.05) is 50.7 Å². The summed E-state index contributed by atoms with van der Waals surface area (Å²) in [4.78, 5) is 24.4. The first-order chi connectivity index (χ1) is 14.7. The predicted molar refractivity (Wildman–Crippen MR) is 136 cm³/mol. The largest absolute Gasteiger partial charge is 0.379 e. The van der Waals surface area contributed by atoms with Crippen LogP contribution in [0.2, 0.25) is 0 Å². The third-order valence-corrected chi connectivity index (χ3v) is 5.84. The van der Waals surface area contributed by atoms with Crippen LogP contribution in [0.3, 0.4) is 0 Å². The molecule has 3 N–H and O–H groups in total. The van der Waals surface area contributed by atoms with Crippen molar-refractivity contribution in [2.24, 2.45) is 4.99 Å². The van der Waals surface area contributed by atoms with Crippen LogP contribution in [0.4, 0.5) is 5.82 Å². The fourth-order valence-electron chi connectivity index (χ4n) is 3.24. The molecule has 1 atom stereocenters. The molecule has 1 aliphatic rings. The van der Waals surface area contributed by atoms with Crippen molar-refractivity contribution in [2.75, 3.05) is 51.8 Å². The van der Waals surface area contributed by atoms with E-state index in [1.807, 2.05) is 13.0 Å². The highest BCUT2D eigenvalue weighted by atomic mass is 127. The van der Waals surface area contributed by atoms with Crippen LogP contribution >= 0.6 is 35.3 Å². The number of morpholine rings is 1. The standard InChI is InChI=1S/C21H30N6O2S.HI/c1-16-5-6-19(24-14-16)26-20(28)7-8-23-21(22-2)25-15-17(18-4-3-13-30-18)27-9-11-29-12-10-27;/h3-6,13-14,17H,7-12,15H2,1-2H3,(H2,22,23,25)(H,24,26,28);1H. The summed E-state index contributed by atoms with van der Waals surface area (Å²) in [5.74, 6) is 1.17. The number of pyridine rings is 1. The first-order valence-electron chi connectivity index (χ1n) is 10.2. The van der Waals surface area contributed by atoms with Gasteiger partial charge in [-0.2, -0.15) is 0 Å². The molecule has 8 nitrogen and oxygen atoms in total. The molecule has 170 valence electrons. The summed E-state index contributed by atoms with van der Waals surface area (Å²) in [5, 5.41) is 11.5. The highest BCUT2D eigenvalue weighted by Crippen LogP contribution is 2.25. The highest BCUT2D eigenvalue weighted by molar-refractivity contribution is 14.0. The number of aryl methyl sites for hydroxylation is 1. The first-order valence-corrected chi connectivity index (χ1v) is 11.1. The van der Waals surface area contributed by atoms with E-state index in [0.29, 0.717) is 24.7 Å². The average Bonchev–Trinajstić information content (AvgIpc) is 3.29. The number of hydrogen-bond donors (Lipinski definition) is 3. The van der Waals surface area contributed by atoms with Gasteiger partial charge in [0.25, 0.3) is 0 Å². The molecule has 1 fully saturated rings. The Labute approximate surface area is 204 Å². The molecule has 0 spiro atoms. The second-order valence-electron chi connectivity index (χ2n) is 7.08. The van der Waals surface area contributed by atoms with Gasteiger partial charge < -0.3 is 20.7 Å². The number of carbonyl (C=O) groups excluding carboxylic acids is 1. The number of amides is 1. The van der Waals surface area contributed by atoms with Crippen molar-refractivity contribution in [1.82, 2.24) is 20.5 Å². The Hall–Kier alpha value is -1.76. The molecule has 0 aromatic carbocycles. The Balaban J connectivity index is 0.00000341. The minimum Gasteiger partial charge on any atom is -0.379 e. The molecular weight excluding hydrogens is 527 g/mol. The zero-order valence-corrected chi connectivity index (χ0v) is 21.1. The molecule has 0 radical (unpaired) electrons. The molecular formula is C21H31IN6O2S. The molecule has 2 aromatic heterocycles. The molecule has 1 amide bonds. The topological polar surface area (TPSA) is 90.9 Å². The summed E-state index contributed by atoms with van der Waals surface area (Å²) >= 11 is 1.77. The second kappa shape index (κ2) is 13.6. The third kappa shape index (κ3) is 8.36. The molecule has 0 aliphatic carbocycles. The molecule has 1 unspecified atom stereocenters. The van der Waals surface area contributed by atoms with E-state index < -0.39 is 0 Å². The van der Waals surface area contributed by atoms with Crippen molar-refractivity contribution >= 4 is 53.0 Å². The van der Waals surface area contributed by atoms with Crippen molar-refractivity contribution in [3.05, 3.63) is 46.3 Å². The van der Waals surface area contributed by atoms with Gasteiger partial charge in [0.2, 0.25) is 5.91 Å². The number of halogens is 1. The SMILES string of the molecule is CN=C(NCCC(=O)Nc1ccc(C)cn1)NCC(c1cccs1)N1CCOCC1.I. The Morgan fingerprint density at radius 2 is 2.10 bits per heavy atom. The summed E-state index contributed by atoms with van der Waals surface area (Å²) in [7, 11) is 1.74. The van der Waals surface area contributed by atoms with E-state index in [0.717, 1.165) is 38.4 Å². The first kappa shape index (κ1) is 25.5. The van der Waals surface area contributed by atoms with E-state index >= 15 is 0 Å². The number of hydrogen-bond acceptors (Lipinski definition) is 6. The van der Waals surface area contributed by atoms with Gasteiger partial charge in [-0.1, -0.05) is 12.1 Å². The normalized spacial score (nSPS) is 15.6. The molecule has 0 saturated carbocycles. The van der Waals surface area contributed by atoms with Crippen molar-refractivity contribution in [1.29, 1.82) is 0 Å². The van der Waals surface area contributed by atoms with Gasteiger partial charge in [0.05, 0.1) is 19.3 Å². The number of nitrogens with zero attached hydrogens (tertiary/aromatic N) is 3. The molecule has 3 rings (SSSR count). The molecule has 3 heterocycles. The smallest absolute Gasteiger partial charge is 0.227 e. The molecule has 1 aliphatic heterocycles. The minimum absolute atomic E-state index is 0. The quantitative estimate of drug-likeness (QED) is 0.262. The molecule has 31 heavy (non-hydrogen) atoms. The number of thiophene rings is 1. The van der Waals surface area contributed by atoms with Crippen LogP contribution in [-0.4, -0.2) is 68.2 Å². The Bertz CT molecular complexity index is 810. The van der Waals surface area contributed by atoms with Crippen molar-refractivity contribution in [2.45, 2.75) is 19.4 Å². The summed E-state index contributed by atoms with van der Waals surface area (Å²) in [6, 6.07) is 8.25. The van der Waals surface area contributed by atoms with Crippen LogP contribution in [-0.2, 0) is 9.53 Å². The lowest BCUT2D eigenvalue weighted by molar-refractivity contribution is -0.116. The van der Waals surface area contributed by atoms with Gasteiger partial charge in [-0.05, 0) is 30.0 Å². The third-order valence-electron chi connectivity index (χ3n) is 4.87. The number of aromatic nitrogens is 1. The summed E-state index contributed by atoms with van der Waals surface area (Å²) in [6.45, 7) is 6.55. The van der Waals surface area contributed by atoms with Crippen LogP contribution in [0.5, 0.6) is 0 Å². The van der Waals surface area contributed by atoms with Gasteiger partial charge in [0.1, 0.15) is 5.82 Å². The van der Waals surface area contributed by atoms with Crippen LogP contribution in [0.25, 0.3) is 0 Å². The second-order valence-corrected chi connectivity index (χ2v) is 8.06. The number of rotatable bonds is 8. The van der Waals surface area contributed by atoms with Crippen molar-refractivity contribution < 1.29 is 9.53 Å². The van der Waals surface area contributed by atoms with Crippen molar-refractivity contribution in [3.63, 3.8) is 0 Å². The number of nitrogens with one attached hydrogen (secondary N) is 3. The summed E-state index contributed by atoms with van der Waals surface area (Å²) in [6.07, 6.45) is 2.06. The number of aliphatic imine (C=N–C) groups is 1. The maximum atomic E-state index is 12.1. The lowest BCUT2D eigenvalue weighted by atomic mass is 10.2. The van der Waals surface area contributed by atoms with Gasteiger partial charge in [-0.15, -0.1) is 35.3 Å². The van der Waals surface area contributed by atoms with E-state index in [4.69, 9.17) is 4.74 Å². The van der Waals surface area contributed by atoms with Crippen molar-refractivity contribution in [3.8, 4) is 0 Å². The van der Waals surface area contributed by atoms with Gasteiger partial charge in [-0.25, -0.2) is 4.98 Å². The predicted octanol–water partition coefficient (Wildman–Crippen LogP) is 2.64. The van der Waals surface area contributed by atoms with E-state index in [1.165, 1.54) is 4.88 Å². The maximum absolute atomic E-state index is 12.1. The van der Waals surface area contributed by atoms with Crippen LogP contribution < -0.4 is 16.0 Å². The van der Waals surface area contributed by atoms with E-state index in [9.17, 15) is 4.79 Å². The Morgan fingerprint density at radius 3 is 2.74 bits per heavy atom. The highest BCUT2D eigenvalue weighted by Gasteiger charge is 2.23. The number of anilines is 1. The fraction of sp³-hybridized carbons (Fsp3) is 0.476. The van der Waals surface area contributed by atoms with Crippen LogP contribution in [0, 0.1) is 6.92 Å². The number of ether oxygens (including phenoxy) is 1. The van der Waals surface area contributed by atoms with E-state index in [1.54, 1.807) is 30.6 Å².